The number of aromatic nitrogens is 1. The van der Waals surface area contributed by atoms with Gasteiger partial charge in [-0.05, 0) is 39.0 Å². The molecule has 1 aromatic carbocycles. The Morgan fingerprint density at radius 2 is 2.05 bits per heavy atom. The highest BCUT2D eigenvalue weighted by atomic mass is 32.2. The van der Waals surface area contributed by atoms with Crippen molar-refractivity contribution >= 4 is 33.2 Å². The summed E-state index contributed by atoms with van der Waals surface area (Å²) in [6, 6.07) is 3.86. The number of carbonyl (C=O) groups excluding carboxylic acids is 1. The van der Waals surface area contributed by atoms with Gasteiger partial charge in [0, 0.05) is 0 Å². The number of primary sulfonamides is 1. The standard InChI is InChI=1S/C12H15N3O5S/c1-12(2,3)20-11(16)15-10-14-8-6-7(21(13,17)18)4-5-9(8)19-10/h4-6H,1-3H3,(H2,13,17,18)(H,14,15,16). The third kappa shape index (κ3) is 3.92. The largest absolute Gasteiger partial charge is 0.443 e. The maximum absolute atomic E-state index is 11.6. The Bertz CT molecular complexity index is 789. The van der Waals surface area contributed by atoms with Crippen LogP contribution in [-0.2, 0) is 14.8 Å². The molecule has 3 N–H and O–H groups in total. The maximum Gasteiger partial charge on any atom is 0.415 e. The number of hydrogen-bond acceptors (Lipinski definition) is 6. The fraction of sp³-hybridized carbons (Fsp3) is 0.333. The molecule has 0 aliphatic carbocycles. The van der Waals surface area contributed by atoms with Gasteiger partial charge in [0.05, 0.1) is 4.90 Å². The number of oxazole rings is 1. The van der Waals surface area contributed by atoms with E-state index < -0.39 is 21.7 Å². The Labute approximate surface area is 121 Å². The summed E-state index contributed by atoms with van der Waals surface area (Å²) in [7, 11) is -3.83. The number of nitrogens with one attached hydrogen (secondary N) is 1. The number of hydrogen-bond donors (Lipinski definition) is 2. The molecule has 2 rings (SSSR count). The number of carbonyl (C=O) groups is 1. The van der Waals surface area contributed by atoms with Crippen molar-refractivity contribution in [3.05, 3.63) is 18.2 Å². The molecule has 1 heterocycles. The number of rotatable bonds is 2. The van der Waals surface area contributed by atoms with E-state index in [0.29, 0.717) is 5.58 Å². The lowest BCUT2D eigenvalue weighted by Crippen LogP contribution is -2.27. The van der Waals surface area contributed by atoms with Gasteiger partial charge in [0.1, 0.15) is 11.1 Å². The predicted octanol–water partition coefficient (Wildman–Crippen LogP) is 1.82. The number of sulfonamides is 1. The SMILES string of the molecule is CC(C)(C)OC(=O)Nc1nc2cc(S(N)(=O)=O)ccc2o1. The molecule has 0 radical (unpaired) electrons. The lowest BCUT2D eigenvalue weighted by molar-refractivity contribution is 0.0632. The second kappa shape index (κ2) is 5.01. The summed E-state index contributed by atoms with van der Waals surface area (Å²) in [6.07, 6.45) is -0.722. The molecular formula is C12H15N3O5S. The number of nitrogens with two attached hydrogens (primary N) is 1. The maximum atomic E-state index is 11.6. The Hall–Kier alpha value is -2.13. The van der Waals surface area contributed by atoms with Crippen molar-refractivity contribution in [3.63, 3.8) is 0 Å². The molecule has 0 atom stereocenters. The van der Waals surface area contributed by atoms with Crippen LogP contribution in [0.5, 0.6) is 0 Å². The summed E-state index contributed by atoms with van der Waals surface area (Å²) < 4.78 is 32.8. The molecule has 0 saturated heterocycles. The Morgan fingerprint density at radius 3 is 2.62 bits per heavy atom. The highest BCUT2D eigenvalue weighted by molar-refractivity contribution is 7.89. The van der Waals surface area contributed by atoms with Crippen LogP contribution in [0.3, 0.4) is 0 Å². The third-order valence-electron chi connectivity index (χ3n) is 2.30. The molecule has 0 spiro atoms. The zero-order valence-corrected chi connectivity index (χ0v) is 12.5. The van der Waals surface area contributed by atoms with Crippen molar-refractivity contribution in [2.75, 3.05) is 5.32 Å². The lowest BCUT2D eigenvalue weighted by Gasteiger charge is -2.18. The van der Waals surface area contributed by atoms with Crippen LogP contribution < -0.4 is 10.5 Å². The molecule has 114 valence electrons. The fourth-order valence-electron chi connectivity index (χ4n) is 1.53. The molecule has 0 unspecified atom stereocenters. The summed E-state index contributed by atoms with van der Waals surface area (Å²) in [6.45, 7) is 5.16. The zero-order valence-electron chi connectivity index (χ0n) is 11.7. The molecular weight excluding hydrogens is 298 g/mol. The normalized spacial score (nSPS) is 12.4. The highest BCUT2D eigenvalue weighted by Crippen LogP contribution is 2.22. The van der Waals surface area contributed by atoms with E-state index in [1.54, 1.807) is 20.8 Å². The average molecular weight is 313 g/mol. The second-order valence-corrected chi connectivity index (χ2v) is 6.88. The van der Waals surface area contributed by atoms with Gasteiger partial charge in [-0.25, -0.2) is 23.7 Å². The van der Waals surface area contributed by atoms with Crippen LogP contribution in [-0.4, -0.2) is 25.1 Å². The molecule has 0 aliphatic rings. The number of amides is 1. The highest BCUT2D eigenvalue weighted by Gasteiger charge is 2.18. The van der Waals surface area contributed by atoms with E-state index >= 15 is 0 Å². The van der Waals surface area contributed by atoms with Crippen LogP contribution in [0, 0.1) is 0 Å². The van der Waals surface area contributed by atoms with Gasteiger partial charge in [-0.2, -0.15) is 4.98 Å². The lowest BCUT2D eigenvalue weighted by atomic mass is 10.2. The predicted molar refractivity (Wildman–Crippen MR) is 75.2 cm³/mol. The van der Waals surface area contributed by atoms with Crippen molar-refractivity contribution < 1.29 is 22.4 Å². The van der Waals surface area contributed by atoms with Gasteiger partial charge in [0.25, 0.3) is 0 Å². The van der Waals surface area contributed by atoms with Crippen LogP contribution >= 0.6 is 0 Å². The van der Waals surface area contributed by atoms with E-state index in [9.17, 15) is 13.2 Å². The minimum absolute atomic E-state index is 0.0906. The zero-order chi connectivity index (χ0) is 15.8. The molecule has 8 nitrogen and oxygen atoms in total. The van der Waals surface area contributed by atoms with E-state index in [2.05, 4.69) is 10.3 Å². The van der Waals surface area contributed by atoms with E-state index in [4.69, 9.17) is 14.3 Å². The van der Waals surface area contributed by atoms with E-state index in [-0.39, 0.29) is 16.4 Å². The van der Waals surface area contributed by atoms with Crippen molar-refractivity contribution in [2.24, 2.45) is 5.14 Å². The van der Waals surface area contributed by atoms with Crippen molar-refractivity contribution in [3.8, 4) is 0 Å². The first-order chi connectivity index (χ1) is 9.54. The van der Waals surface area contributed by atoms with Gasteiger partial charge in [-0.3, -0.25) is 0 Å². The topological polar surface area (TPSA) is 125 Å². The third-order valence-corrected chi connectivity index (χ3v) is 3.21. The molecule has 1 amide bonds. The van der Waals surface area contributed by atoms with Crippen molar-refractivity contribution in [2.45, 2.75) is 31.3 Å². The molecule has 0 bridgehead atoms. The minimum Gasteiger partial charge on any atom is -0.443 e. The summed E-state index contributed by atoms with van der Waals surface area (Å²) in [5.74, 6) is 0. The van der Waals surface area contributed by atoms with Crippen LogP contribution in [0.1, 0.15) is 20.8 Å². The van der Waals surface area contributed by atoms with Crippen LogP contribution in [0.2, 0.25) is 0 Å². The van der Waals surface area contributed by atoms with Gasteiger partial charge in [-0.1, -0.05) is 0 Å². The molecule has 9 heteroatoms. The summed E-state index contributed by atoms with van der Waals surface area (Å²) in [5, 5.41) is 7.36. The molecule has 1 aromatic heterocycles. The van der Waals surface area contributed by atoms with Gasteiger partial charge in [-0.15, -0.1) is 0 Å². The van der Waals surface area contributed by atoms with Crippen LogP contribution in [0.15, 0.2) is 27.5 Å². The first kappa shape index (κ1) is 15.3. The van der Waals surface area contributed by atoms with Gasteiger partial charge in [0.2, 0.25) is 10.0 Å². The number of benzene rings is 1. The molecule has 0 fully saturated rings. The van der Waals surface area contributed by atoms with Crippen molar-refractivity contribution in [1.29, 1.82) is 0 Å². The molecule has 0 saturated carbocycles. The first-order valence-electron chi connectivity index (χ1n) is 5.98. The van der Waals surface area contributed by atoms with Gasteiger partial charge >= 0.3 is 12.1 Å². The number of ether oxygens (including phenoxy) is 1. The van der Waals surface area contributed by atoms with Crippen LogP contribution in [0.25, 0.3) is 11.1 Å². The van der Waals surface area contributed by atoms with E-state index in [1.807, 2.05) is 0 Å². The summed E-state index contributed by atoms with van der Waals surface area (Å²) in [5.41, 5.74) is -0.0854. The number of nitrogens with zero attached hydrogens (tertiary/aromatic N) is 1. The van der Waals surface area contributed by atoms with E-state index in [1.165, 1.54) is 18.2 Å². The summed E-state index contributed by atoms with van der Waals surface area (Å²) >= 11 is 0. The molecule has 21 heavy (non-hydrogen) atoms. The smallest absolute Gasteiger partial charge is 0.415 e. The minimum atomic E-state index is -3.83. The Morgan fingerprint density at radius 1 is 1.38 bits per heavy atom. The molecule has 2 aromatic rings. The first-order valence-corrected chi connectivity index (χ1v) is 7.53. The Balaban J connectivity index is 2.25. The Kier molecular flexibility index (Phi) is 3.64. The number of fused-ring (bicyclic) bond motifs is 1. The van der Waals surface area contributed by atoms with Gasteiger partial charge < -0.3 is 9.15 Å². The summed E-state index contributed by atoms with van der Waals surface area (Å²) in [4.78, 5) is 15.4. The fourth-order valence-corrected chi connectivity index (χ4v) is 2.06. The van der Waals surface area contributed by atoms with Crippen molar-refractivity contribution in [1.82, 2.24) is 4.98 Å². The monoisotopic (exact) mass is 313 g/mol. The number of anilines is 1. The molecule has 0 aliphatic heterocycles. The van der Waals surface area contributed by atoms with Crippen LogP contribution in [0.4, 0.5) is 10.8 Å². The quantitative estimate of drug-likeness (QED) is 0.871. The van der Waals surface area contributed by atoms with E-state index in [0.717, 1.165) is 0 Å². The second-order valence-electron chi connectivity index (χ2n) is 5.32. The van der Waals surface area contributed by atoms with Gasteiger partial charge in [0.15, 0.2) is 5.58 Å². The average Bonchev–Trinajstić information content (AvgIpc) is 2.65.